The first-order valence-corrected chi connectivity index (χ1v) is 10.3. The van der Waals surface area contributed by atoms with Crippen LogP contribution in [0.2, 0.25) is 0 Å². The summed E-state index contributed by atoms with van der Waals surface area (Å²) in [4.78, 5) is 28.3. The zero-order valence-corrected chi connectivity index (χ0v) is 17.4. The maximum atomic E-state index is 12.8. The first kappa shape index (κ1) is 18.7. The molecule has 1 N–H and O–H groups in total. The number of hydrogen-bond donors (Lipinski definition) is 1. The Morgan fingerprint density at radius 2 is 2.00 bits per heavy atom. The van der Waals surface area contributed by atoms with E-state index in [9.17, 15) is 4.79 Å². The smallest absolute Gasteiger partial charge is 0.261 e. The number of fused-ring (bicyclic) bond motifs is 1. The van der Waals surface area contributed by atoms with Crippen LogP contribution in [0.4, 0.5) is 0 Å². The lowest BCUT2D eigenvalue weighted by atomic mass is 9.74. The lowest BCUT2D eigenvalue weighted by molar-refractivity contribution is 0.0923. The third-order valence-electron chi connectivity index (χ3n) is 5.31. The maximum absolute atomic E-state index is 12.8. The van der Waals surface area contributed by atoms with Gasteiger partial charge in [-0.15, -0.1) is 11.3 Å². The number of aromatic nitrogens is 3. The van der Waals surface area contributed by atoms with Crippen molar-refractivity contribution in [1.82, 2.24) is 20.3 Å². The highest BCUT2D eigenvalue weighted by Crippen LogP contribution is 2.40. The maximum Gasteiger partial charge on any atom is 0.261 e. The summed E-state index contributed by atoms with van der Waals surface area (Å²) in [5, 5.41) is 3.23. The molecule has 144 valence electrons. The minimum atomic E-state index is -0.0829. The molecule has 3 aromatic heterocycles. The second kappa shape index (κ2) is 7.09. The minimum absolute atomic E-state index is 0.0203. The van der Waals surface area contributed by atoms with Gasteiger partial charge in [-0.2, -0.15) is 0 Å². The van der Waals surface area contributed by atoms with Gasteiger partial charge in [-0.05, 0) is 55.9 Å². The van der Waals surface area contributed by atoms with Crippen LogP contribution in [0.25, 0.3) is 11.4 Å². The number of hydrogen-bond acceptors (Lipinski definition) is 5. The summed E-state index contributed by atoms with van der Waals surface area (Å²) in [6.45, 7) is 8.53. The van der Waals surface area contributed by atoms with Gasteiger partial charge in [0.25, 0.3) is 5.91 Å². The number of pyridine rings is 1. The molecule has 1 aliphatic carbocycles. The van der Waals surface area contributed by atoms with Crippen LogP contribution in [-0.4, -0.2) is 20.9 Å². The normalized spacial score (nSPS) is 17.8. The fourth-order valence-corrected chi connectivity index (χ4v) is 4.67. The molecule has 0 saturated heterocycles. The predicted molar refractivity (Wildman–Crippen MR) is 111 cm³/mol. The molecule has 1 amide bonds. The second-order valence-corrected chi connectivity index (χ2v) is 9.51. The number of thiophene rings is 1. The topological polar surface area (TPSA) is 67.8 Å². The number of carbonyl (C=O) groups is 1. The fraction of sp³-hybridized carbons (Fsp3) is 0.364. The van der Waals surface area contributed by atoms with Crippen molar-refractivity contribution in [3.05, 3.63) is 63.4 Å². The lowest BCUT2D eigenvalue weighted by Crippen LogP contribution is -2.37. The van der Waals surface area contributed by atoms with Crippen LogP contribution in [0, 0.1) is 19.3 Å². The van der Waals surface area contributed by atoms with Crippen molar-refractivity contribution < 1.29 is 4.79 Å². The Morgan fingerprint density at radius 1 is 1.25 bits per heavy atom. The van der Waals surface area contributed by atoms with Gasteiger partial charge in [0.05, 0.1) is 16.6 Å². The molecule has 0 aromatic carbocycles. The number of nitrogens with one attached hydrogen (secondary N) is 1. The van der Waals surface area contributed by atoms with Crippen LogP contribution in [0.15, 0.2) is 36.8 Å². The summed E-state index contributed by atoms with van der Waals surface area (Å²) in [5.74, 6) is 0.682. The molecule has 1 aliphatic rings. The molecule has 0 fully saturated rings. The third-order valence-corrected chi connectivity index (χ3v) is 6.46. The standard InChI is InChI=1S/C22H24N4OS/c1-13-9-19(28-14(13)2)21(27)26-18-11-22(3,4)10-17-16(18)12-24-20(25-17)15-5-7-23-8-6-15/h5-9,12,18H,10-11H2,1-4H3,(H,26,27)/t18-/m1/s1. The molecule has 0 radical (unpaired) electrons. The Kier molecular flexibility index (Phi) is 4.75. The van der Waals surface area contributed by atoms with E-state index in [1.165, 1.54) is 4.88 Å². The Morgan fingerprint density at radius 3 is 2.68 bits per heavy atom. The van der Waals surface area contributed by atoms with Gasteiger partial charge in [0.15, 0.2) is 5.82 Å². The summed E-state index contributed by atoms with van der Waals surface area (Å²) >= 11 is 1.54. The van der Waals surface area contributed by atoms with Gasteiger partial charge in [0, 0.05) is 34.6 Å². The molecule has 3 aromatic rings. The van der Waals surface area contributed by atoms with Crippen molar-refractivity contribution >= 4 is 17.2 Å². The van der Waals surface area contributed by atoms with Gasteiger partial charge in [-0.3, -0.25) is 9.78 Å². The molecule has 28 heavy (non-hydrogen) atoms. The number of aryl methyl sites for hydroxylation is 2. The molecule has 0 unspecified atom stereocenters. The number of rotatable bonds is 3. The molecule has 1 atom stereocenters. The Bertz CT molecular complexity index is 1010. The highest BCUT2D eigenvalue weighted by Gasteiger charge is 2.35. The summed E-state index contributed by atoms with van der Waals surface area (Å²) in [6.07, 6.45) is 7.11. The molecule has 3 heterocycles. The Hall–Kier alpha value is -2.60. The molecular formula is C22H24N4OS. The zero-order valence-electron chi connectivity index (χ0n) is 16.6. The van der Waals surface area contributed by atoms with E-state index in [0.717, 1.165) is 40.1 Å². The molecule has 4 rings (SSSR count). The molecule has 5 nitrogen and oxygen atoms in total. The summed E-state index contributed by atoms with van der Waals surface area (Å²) in [5.41, 5.74) is 4.20. The van der Waals surface area contributed by atoms with E-state index in [1.54, 1.807) is 23.7 Å². The van der Waals surface area contributed by atoms with E-state index in [-0.39, 0.29) is 17.4 Å². The number of amides is 1. The summed E-state index contributed by atoms with van der Waals surface area (Å²) in [7, 11) is 0. The quantitative estimate of drug-likeness (QED) is 0.704. The molecule has 0 spiro atoms. The third kappa shape index (κ3) is 3.69. The van der Waals surface area contributed by atoms with Crippen molar-refractivity contribution in [2.24, 2.45) is 5.41 Å². The first-order valence-electron chi connectivity index (χ1n) is 9.46. The second-order valence-electron chi connectivity index (χ2n) is 8.25. The van der Waals surface area contributed by atoms with Crippen LogP contribution in [0.5, 0.6) is 0 Å². The van der Waals surface area contributed by atoms with Crippen molar-refractivity contribution in [2.75, 3.05) is 0 Å². The van der Waals surface area contributed by atoms with E-state index in [4.69, 9.17) is 4.98 Å². The molecule has 0 saturated carbocycles. The summed E-state index contributed by atoms with van der Waals surface area (Å²) < 4.78 is 0. The average molecular weight is 393 g/mol. The monoisotopic (exact) mass is 392 g/mol. The zero-order chi connectivity index (χ0) is 19.9. The van der Waals surface area contributed by atoms with Crippen molar-refractivity contribution in [3.8, 4) is 11.4 Å². The fourth-order valence-electron chi connectivity index (χ4n) is 3.73. The largest absolute Gasteiger partial charge is 0.344 e. The van der Waals surface area contributed by atoms with E-state index >= 15 is 0 Å². The van der Waals surface area contributed by atoms with Gasteiger partial charge < -0.3 is 5.32 Å². The predicted octanol–water partition coefficient (Wildman–Crippen LogP) is 4.66. The van der Waals surface area contributed by atoms with Gasteiger partial charge in [-0.25, -0.2) is 9.97 Å². The van der Waals surface area contributed by atoms with Crippen LogP contribution in [0.3, 0.4) is 0 Å². The minimum Gasteiger partial charge on any atom is -0.344 e. The van der Waals surface area contributed by atoms with Crippen molar-refractivity contribution in [1.29, 1.82) is 0 Å². The van der Waals surface area contributed by atoms with Gasteiger partial charge >= 0.3 is 0 Å². The van der Waals surface area contributed by atoms with Crippen LogP contribution in [-0.2, 0) is 6.42 Å². The van der Waals surface area contributed by atoms with E-state index in [2.05, 4.69) is 29.1 Å². The van der Waals surface area contributed by atoms with Crippen LogP contribution < -0.4 is 5.32 Å². The average Bonchev–Trinajstić information content (AvgIpc) is 3.00. The first-order chi connectivity index (χ1) is 13.3. The highest BCUT2D eigenvalue weighted by atomic mass is 32.1. The molecule has 6 heteroatoms. The number of nitrogens with zero attached hydrogens (tertiary/aromatic N) is 3. The van der Waals surface area contributed by atoms with Crippen molar-refractivity contribution in [2.45, 2.75) is 46.6 Å². The lowest BCUT2D eigenvalue weighted by Gasteiger charge is -2.36. The van der Waals surface area contributed by atoms with Crippen LogP contribution >= 0.6 is 11.3 Å². The SMILES string of the molecule is Cc1cc(C(=O)N[C@@H]2CC(C)(C)Cc3nc(-c4ccncc4)ncc32)sc1C. The Labute approximate surface area is 169 Å². The van der Waals surface area contributed by atoms with Crippen molar-refractivity contribution in [3.63, 3.8) is 0 Å². The summed E-state index contributed by atoms with van der Waals surface area (Å²) in [6, 6.07) is 5.71. The number of carbonyl (C=O) groups excluding carboxylic acids is 1. The van der Waals surface area contributed by atoms with Crippen LogP contribution in [0.1, 0.15) is 57.7 Å². The van der Waals surface area contributed by atoms with Gasteiger partial charge in [0.2, 0.25) is 0 Å². The highest BCUT2D eigenvalue weighted by molar-refractivity contribution is 7.14. The molecular weight excluding hydrogens is 368 g/mol. The van der Waals surface area contributed by atoms with Gasteiger partial charge in [-0.1, -0.05) is 13.8 Å². The van der Waals surface area contributed by atoms with E-state index in [0.29, 0.717) is 5.82 Å². The molecule has 0 aliphatic heterocycles. The molecule has 0 bridgehead atoms. The van der Waals surface area contributed by atoms with E-state index < -0.39 is 0 Å². The van der Waals surface area contributed by atoms with E-state index in [1.807, 2.05) is 38.2 Å². The Balaban J connectivity index is 1.65. The van der Waals surface area contributed by atoms with Gasteiger partial charge in [0.1, 0.15) is 0 Å².